The van der Waals surface area contributed by atoms with Gasteiger partial charge in [-0.15, -0.1) is 11.3 Å². The van der Waals surface area contributed by atoms with Gasteiger partial charge in [0.2, 0.25) is 0 Å². The van der Waals surface area contributed by atoms with Crippen LogP contribution in [0.1, 0.15) is 22.0 Å². The van der Waals surface area contributed by atoms with Crippen molar-refractivity contribution in [1.82, 2.24) is 0 Å². The highest BCUT2D eigenvalue weighted by Gasteiger charge is 2.13. The molecule has 0 spiro atoms. The lowest BCUT2D eigenvalue weighted by molar-refractivity contribution is 0.740. The number of halogens is 1. The monoisotopic (exact) mass is 345 g/mol. The fraction of sp³-hybridized carbons (Fsp3) is 0.176. The highest BCUT2D eigenvalue weighted by Crippen LogP contribution is 2.32. The van der Waals surface area contributed by atoms with Crippen molar-refractivity contribution in [2.75, 3.05) is 0 Å². The van der Waals surface area contributed by atoms with Gasteiger partial charge in [0.25, 0.3) is 0 Å². The average Bonchev–Trinajstić information content (AvgIpc) is 2.79. The van der Waals surface area contributed by atoms with Crippen molar-refractivity contribution < 1.29 is 0 Å². The van der Waals surface area contributed by atoms with E-state index >= 15 is 0 Å². The summed E-state index contributed by atoms with van der Waals surface area (Å²) < 4.78 is 1.18. The van der Waals surface area contributed by atoms with Gasteiger partial charge >= 0.3 is 0 Å². The summed E-state index contributed by atoms with van der Waals surface area (Å²) in [6.07, 6.45) is 0.869. The third-order valence-electron chi connectivity index (χ3n) is 3.56. The first kappa shape index (κ1) is 13.8. The predicted molar refractivity (Wildman–Crippen MR) is 91.3 cm³/mol. The van der Waals surface area contributed by atoms with Gasteiger partial charge in [0.05, 0.1) is 3.79 Å². The standard InChI is InChI=1S/C17H16BrNS/c1-11-9-16(20-17(11)18)15(19)10-13-7-4-6-12-5-2-3-8-14(12)13/h2-9,15H,10,19H2,1H3. The molecule has 1 aromatic heterocycles. The third-order valence-corrected chi connectivity index (χ3v) is 5.83. The zero-order chi connectivity index (χ0) is 14.1. The first-order chi connectivity index (χ1) is 9.65. The van der Waals surface area contributed by atoms with Gasteiger partial charge in [-0.05, 0) is 57.2 Å². The molecule has 0 saturated carbocycles. The van der Waals surface area contributed by atoms with E-state index in [0.717, 1.165) is 6.42 Å². The van der Waals surface area contributed by atoms with Gasteiger partial charge in [-0.1, -0.05) is 42.5 Å². The van der Waals surface area contributed by atoms with E-state index in [4.69, 9.17) is 5.73 Å². The highest BCUT2D eigenvalue weighted by molar-refractivity contribution is 9.11. The molecule has 0 bridgehead atoms. The van der Waals surface area contributed by atoms with E-state index in [1.54, 1.807) is 11.3 Å². The number of rotatable bonds is 3. The van der Waals surface area contributed by atoms with Crippen molar-refractivity contribution >= 4 is 38.0 Å². The van der Waals surface area contributed by atoms with Gasteiger partial charge < -0.3 is 5.73 Å². The Balaban J connectivity index is 1.93. The maximum absolute atomic E-state index is 6.39. The molecule has 0 amide bonds. The minimum Gasteiger partial charge on any atom is -0.323 e. The van der Waals surface area contributed by atoms with E-state index in [1.165, 1.54) is 30.6 Å². The molecule has 3 aromatic rings. The minimum atomic E-state index is 0.0517. The van der Waals surface area contributed by atoms with Crippen LogP contribution in [0.3, 0.4) is 0 Å². The van der Waals surface area contributed by atoms with Crippen molar-refractivity contribution in [3.05, 3.63) is 68.3 Å². The summed E-state index contributed by atoms with van der Waals surface area (Å²) in [6, 6.07) is 17.2. The van der Waals surface area contributed by atoms with Crippen molar-refractivity contribution in [3.8, 4) is 0 Å². The zero-order valence-corrected chi connectivity index (χ0v) is 13.7. The van der Waals surface area contributed by atoms with Crippen molar-refractivity contribution in [2.24, 2.45) is 5.73 Å². The molecule has 1 heterocycles. The summed E-state index contributed by atoms with van der Waals surface area (Å²) in [5.41, 5.74) is 8.97. The maximum atomic E-state index is 6.39. The van der Waals surface area contributed by atoms with Crippen LogP contribution in [0.15, 0.2) is 52.3 Å². The first-order valence-electron chi connectivity index (χ1n) is 6.63. The molecule has 2 N–H and O–H groups in total. The number of thiophene rings is 1. The molecule has 1 atom stereocenters. The summed E-state index contributed by atoms with van der Waals surface area (Å²) in [4.78, 5) is 1.24. The molecule has 102 valence electrons. The van der Waals surface area contributed by atoms with E-state index < -0.39 is 0 Å². The Kier molecular flexibility index (Phi) is 3.92. The second kappa shape index (κ2) is 5.68. The summed E-state index contributed by atoms with van der Waals surface area (Å²) in [6.45, 7) is 2.11. The van der Waals surface area contributed by atoms with Gasteiger partial charge in [0, 0.05) is 10.9 Å². The van der Waals surface area contributed by atoms with Crippen LogP contribution in [0.2, 0.25) is 0 Å². The number of hydrogen-bond acceptors (Lipinski definition) is 2. The number of nitrogens with two attached hydrogens (primary N) is 1. The fourth-order valence-electron chi connectivity index (χ4n) is 2.47. The molecule has 0 aliphatic carbocycles. The van der Waals surface area contributed by atoms with Gasteiger partial charge in [0.15, 0.2) is 0 Å². The van der Waals surface area contributed by atoms with Crippen LogP contribution in [0.4, 0.5) is 0 Å². The van der Waals surface area contributed by atoms with Gasteiger partial charge in [-0.25, -0.2) is 0 Å². The molecule has 0 saturated heterocycles. The van der Waals surface area contributed by atoms with Crippen LogP contribution in [0, 0.1) is 6.92 Å². The van der Waals surface area contributed by atoms with Crippen LogP contribution in [-0.2, 0) is 6.42 Å². The van der Waals surface area contributed by atoms with E-state index in [2.05, 4.69) is 71.4 Å². The lowest BCUT2D eigenvalue weighted by Crippen LogP contribution is -2.12. The Hall–Kier alpha value is -1.16. The lowest BCUT2D eigenvalue weighted by atomic mass is 9.98. The molecular formula is C17H16BrNS. The Morgan fingerprint density at radius 2 is 1.90 bits per heavy atom. The Bertz CT molecular complexity index is 723. The van der Waals surface area contributed by atoms with E-state index in [0.29, 0.717) is 0 Å². The van der Waals surface area contributed by atoms with Gasteiger partial charge in [-0.3, -0.25) is 0 Å². The van der Waals surface area contributed by atoms with Crippen molar-refractivity contribution in [1.29, 1.82) is 0 Å². The second-order valence-electron chi connectivity index (χ2n) is 5.05. The van der Waals surface area contributed by atoms with Gasteiger partial charge in [0.1, 0.15) is 0 Å². The highest BCUT2D eigenvalue weighted by atomic mass is 79.9. The molecule has 0 radical (unpaired) electrons. The lowest BCUT2D eigenvalue weighted by Gasteiger charge is -2.12. The Morgan fingerprint density at radius 3 is 2.65 bits per heavy atom. The second-order valence-corrected chi connectivity index (χ2v) is 7.46. The summed E-state index contributed by atoms with van der Waals surface area (Å²) in [5, 5.41) is 2.58. The third kappa shape index (κ3) is 2.66. The Morgan fingerprint density at radius 1 is 1.15 bits per heavy atom. The van der Waals surface area contributed by atoms with Crippen molar-refractivity contribution in [3.63, 3.8) is 0 Å². The molecule has 2 aromatic carbocycles. The molecule has 3 heteroatoms. The van der Waals surface area contributed by atoms with Crippen LogP contribution in [-0.4, -0.2) is 0 Å². The van der Waals surface area contributed by atoms with E-state index in [-0.39, 0.29) is 6.04 Å². The molecule has 3 rings (SSSR count). The van der Waals surface area contributed by atoms with Crippen LogP contribution in [0.5, 0.6) is 0 Å². The number of hydrogen-bond donors (Lipinski definition) is 1. The van der Waals surface area contributed by atoms with Crippen molar-refractivity contribution in [2.45, 2.75) is 19.4 Å². The van der Waals surface area contributed by atoms with E-state index in [1.807, 2.05) is 0 Å². The molecule has 0 aliphatic heterocycles. The van der Waals surface area contributed by atoms with Gasteiger partial charge in [-0.2, -0.15) is 0 Å². The predicted octanol–water partition coefficient (Wildman–Crippen LogP) is 5.21. The fourth-order valence-corrected chi connectivity index (χ4v) is 4.05. The molecule has 0 aliphatic rings. The molecular weight excluding hydrogens is 330 g/mol. The maximum Gasteiger partial charge on any atom is 0.0731 e. The SMILES string of the molecule is Cc1cc(C(N)Cc2cccc3ccccc23)sc1Br. The average molecular weight is 346 g/mol. The minimum absolute atomic E-state index is 0.0517. The summed E-state index contributed by atoms with van der Waals surface area (Å²) in [7, 11) is 0. The molecule has 1 unspecified atom stereocenters. The first-order valence-corrected chi connectivity index (χ1v) is 8.24. The number of benzene rings is 2. The van der Waals surface area contributed by atoms with Crippen LogP contribution in [0.25, 0.3) is 10.8 Å². The van der Waals surface area contributed by atoms with Crippen LogP contribution >= 0.6 is 27.3 Å². The molecule has 0 fully saturated rings. The Labute approximate surface area is 131 Å². The van der Waals surface area contributed by atoms with Crippen LogP contribution < -0.4 is 5.73 Å². The normalized spacial score (nSPS) is 12.8. The smallest absolute Gasteiger partial charge is 0.0731 e. The quantitative estimate of drug-likeness (QED) is 0.692. The van der Waals surface area contributed by atoms with E-state index in [9.17, 15) is 0 Å². The molecule has 20 heavy (non-hydrogen) atoms. The zero-order valence-electron chi connectivity index (χ0n) is 11.3. The topological polar surface area (TPSA) is 26.0 Å². The molecule has 1 nitrogen and oxygen atoms in total. The largest absolute Gasteiger partial charge is 0.323 e. The summed E-state index contributed by atoms with van der Waals surface area (Å²) >= 11 is 5.31. The summed E-state index contributed by atoms with van der Waals surface area (Å²) in [5.74, 6) is 0. The number of fused-ring (bicyclic) bond motifs is 1. The number of aryl methyl sites for hydroxylation is 1.